The summed E-state index contributed by atoms with van der Waals surface area (Å²) in [5.74, 6) is 0. The first-order valence-electron chi connectivity index (χ1n) is 10.7. The van der Waals surface area contributed by atoms with E-state index in [0.29, 0.717) is 37.1 Å². The van der Waals surface area contributed by atoms with Crippen molar-refractivity contribution in [2.45, 2.75) is 4.90 Å². The Morgan fingerprint density at radius 1 is 0.909 bits per heavy atom. The minimum atomic E-state index is -3.52. The lowest BCUT2D eigenvalue weighted by molar-refractivity contribution is 0.0730. The Labute approximate surface area is 199 Å². The second kappa shape index (κ2) is 11.0. The van der Waals surface area contributed by atoms with Crippen molar-refractivity contribution in [1.29, 1.82) is 0 Å². The van der Waals surface area contributed by atoms with Crippen molar-refractivity contribution in [1.82, 2.24) is 9.73 Å². The summed E-state index contributed by atoms with van der Waals surface area (Å²) in [5.41, 5.74) is 5.55. The average Bonchev–Trinajstić information content (AvgIpc) is 2.86. The number of hydrazone groups is 1. The van der Waals surface area contributed by atoms with Crippen molar-refractivity contribution >= 4 is 44.9 Å². The maximum atomic E-state index is 12.7. The highest BCUT2D eigenvalue weighted by atomic mass is 32.2. The van der Waals surface area contributed by atoms with Gasteiger partial charge in [0.1, 0.15) is 0 Å². The Hall–Kier alpha value is -2.57. The number of benzene rings is 2. The van der Waals surface area contributed by atoms with E-state index >= 15 is 0 Å². The molecule has 0 radical (unpaired) electrons. The average molecular weight is 490 g/mol. The molecule has 0 saturated carbocycles. The van der Waals surface area contributed by atoms with Gasteiger partial charge < -0.3 is 19.7 Å². The number of thiocarbonyl (C=S) groups is 1. The van der Waals surface area contributed by atoms with Gasteiger partial charge in [-0.2, -0.15) is 9.41 Å². The van der Waals surface area contributed by atoms with Crippen molar-refractivity contribution in [3.63, 3.8) is 0 Å². The molecule has 2 aromatic rings. The van der Waals surface area contributed by atoms with Crippen LogP contribution in [0, 0.1) is 0 Å². The SMILES string of the molecule is O=S(=O)(c1ccc(NC(=S)N/N=C\c2ccc(N3CCOCC3)cc2)cc1)N1CCOCC1. The van der Waals surface area contributed by atoms with E-state index in [4.69, 9.17) is 21.7 Å². The molecule has 2 aliphatic rings. The van der Waals surface area contributed by atoms with Gasteiger partial charge in [0.05, 0.1) is 37.5 Å². The highest BCUT2D eigenvalue weighted by molar-refractivity contribution is 7.89. The Bertz CT molecular complexity index is 1060. The van der Waals surface area contributed by atoms with Gasteiger partial charge in [-0.25, -0.2) is 8.42 Å². The van der Waals surface area contributed by atoms with Crippen LogP contribution in [0.25, 0.3) is 0 Å². The summed E-state index contributed by atoms with van der Waals surface area (Å²) < 4.78 is 37.4. The summed E-state index contributed by atoms with van der Waals surface area (Å²) in [4.78, 5) is 2.53. The second-order valence-corrected chi connectivity index (χ2v) is 9.90. The van der Waals surface area contributed by atoms with Gasteiger partial charge in [0.25, 0.3) is 0 Å². The number of hydrogen-bond donors (Lipinski definition) is 2. The Kier molecular flexibility index (Phi) is 7.89. The summed E-state index contributed by atoms with van der Waals surface area (Å²) in [5, 5.41) is 7.47. The van der Waals surface area contributed by atoms with Crippen LogP contribution >= 0.6 is 12.2 Å². The van der Waals surface area contributed by atoms with E-state index in [1.165, 1.54) is 9.99 Å². The third-order valence-corrected chi connectivity index (χ3v) is 7.48. The molecule has 2 aromatic carbocycles. The van der Waals surface area contributed by atoms with Crippen LogP contribution in [0.3, 0.4) is 0 Å². The van der Waals surface area contributed by atoms with Gasteiger partial charge in [0.2, 0.25) is 10.0 Å². The number of nitrogens with one attached hydrogen (secondary N) is 2. The molecule has 0 aromatic heterocycles. The topological polar surface area (TPSA) is 95.5 Å². The molecule has 2 saturated heterocycles. The monoisotopic (exact) mass is 489 g/mol. The third kappa shape index (κ3) is 6.27. The molecule has 0 amide bonds. The minimum absolute atomic E-state index is 0.243. The molecule has 0 spiro atoms. The van der Waals surface area contributed by atoms with Gasteiger partial charge in [-0.1, -0.05) is 12.1 Å². The van der Waals surface area contributed by atoms with Crippen LogP contribution in [0.15, 0.2) is 58.5 Å². The van der Waals surface area contributed by atoms with E-state index in [-0.39, 0.29) is 4.90 Å². The number of sulfonamides is 1. The molecule has 11 heteroatoms. The van der Waals surface area contributed by atoms with Crippen molar-refractivity contribution < 1.29 is 17.9 Å². The molecule has 33 heavy (non-hydrogen) atoms. The normalized spacial score (nSPS) is 17.8. The van der Waals surface area contributed by atoms with Crippen molar-refractivity contribution in [2.75, 3.05) is 62.8 Å². The molecule has 2 heterocycles. The largest absolute Gasteiger partial charge is 0.379 e. The van der Waals surface area contributed by atoms with E-state index in [1.807, 2.05) is 12.1 Å². The molecule has 0 atom stereocenters. The number of nitrogens with zero attached hydrogens (tertiary/aromatic N) is 3. The van der Waals surface area contributed by atoms with Crippen molar-refractivity contribution in [3.8, 4) is 0 Å². The molecule has 0 unspecified atom stereocenters. The van der Waals surface area contributed by atoms with Gasteiger partial charge in [-0.05, 0) is 54.2 Å². The molecule has 0 bridgehead atoms. The first-order valence-corrected chi connectivity index (χ1v) is 12.6. The first kappa shape index (κ1) is 23.6. The second-order valence-electron chi connectivity index (χ2n) is 7.56. The van der Waals surface area contributed by atoms with E-state index < -0.39 is 10.0 Å². The standard InChI is InChI=1S/C22H27N5O4S2/c28-33(29,27-11-15-31-16-12-27)21-7-3-19(4-8-21)24-22(32)25-23-17-18-1-5-20(6-2-18)26-9-13-30-14-10-26/h1-8,17H,9-16H2,(H2,24,25,32)/b23-17-. The summed E-state index contributed by atoms with van der Waals surface area (Å²) >= 11 is 5.27. The minimum Gasteiger partial charge on any atom is -0.379 e. The van der Waals surface area contributed by atoms with Crippen LogP contribution in [0.4, 0.5) is 11.4 Å². The van der Waals surface area contributed by atoms with Crippen LogP contribution in [0.2, 0.25) is 0 Å². The van der Waals surface area contributed by atoms with Gasteiger partial charge in [-0.15, -0.1) is 0 Å². The number of hydrogen-bond acceptors (Lipinski definition) is 7. The lowest BCUT2D eigenvalue weighted by Gasteiger charge is -2.28. The third-order valence-electron chi connectivity index (χ3n) is 5.37. The number of rotatable bonds is 6. The molecule has 176 valence electrons. The molecule has 2 aliphatic heterocycles. The molecular formula is C22H27N5O4S2. The van der Waals surface area contributed by atoms with Gasteiger partial charge >= 0.3 is 0 Å². The van der Waals surface area contributed by atoms with Crippen molar-refractivity contribution in [3.05, 3.63) is 54.1 Å². The summed E-state index contributed by atoms with van der Waals surface area (Å²) in [6.07, 6.45) is 1.69. The highest BCUT2D eigenvalue weighted by Gasteiger charge is 2.26. The van der Waals surface area contributed by atoms with E-state index in [9.17, 15) is 8.42 Å². The quantitative estimate of drug-likeness (QED) is 0.361. The first-order chi connectivity index (χ1) is 16.0. The van der Waals surface area contributed by atoms with E-state index in [2.05, 4.69) is 32.9 Å². The zero-order valence-corrected chi connectivity index (χ0v) is 19.8. The van der Waals surface area contributed by atoms with Crippen LogP contribution in [0.5, 0.6) is 0 Å². The van der Waals surface area contributed by atoms with Gasteiger partial charge in [-0.3, -0.25) is 5.43 Å². The highest BCUT2D eigenvalue weighted by Crippen LogP contribution is 2.19. The van der Waals surface area contributed by atoms with Crippen molar-refractivity contribution in [2.24, 2.45) is 5.10 Å². The van der Waals surface area contributed by atoms with Gasteiger partial charge in [0, 0.05) is 37.6 Å². The molecule has 9 nitrogen and oxygen atoms in total. The number of ether oxygens (including phenoxy) is 2. The predicted molar refractivity (Wildman–Crippen MR) is 132 cm³/mol. The summed E-state index contributed by atoms with van der Waals surface area (Å²) in [6.45, 7) is 4.86. The molecule has 2 fully saturated rings. The van der Waals surface area contributed by atoms with Crippen LogP contribution in [0.1, 0.15) is 5.56 Å². The fourth-order valence-electron chi connectivity index (χ4n) is 3.56. The maximum absolute atomic E-state index is 12.7. The Morgan fingerprint density at radius 2 is 1.52 bits per heavy atom. The number of morpholine rings is 2. The van der Waals surface area contributed by atoms with Gasteiger partial charge in [0.15, 0.2) is 5.11 Å². The Morgan fingerprint density at radius 3 is 2.15 bits per heavy atom. The molecule has 2 N–H and O–H groups in total. The molecule has 0 aliphatic carbocycles. The summed E-state index contributed by atoms with van der Waals surface area (Å²) in [7, 11) is -3.52. The zero-order valence-electron chi connectivity index (χ0n) is 18.1. The smallest absolute Gasteiger partial charge is 0.243 e. The zero-order chi connectivity index (χ0) is 23.1. The van der Waals surface area contributed by atoms with Crippen LogP contribution < -0.4 is 15.6 Å². The van der Waals surface area contributed by atoms with E-state index in [1.54, 1.807) is 30.5 Å². The lowest BCUT2D eigenvalue weighted by atomic mass is 10.2. The van der Waals surface area contributed by atoms with E-state index in [0.717, 1.165) is 31.9 Å². The Balaban J connectivity index is 1.27. The molecule has 4 rings (SSSR count). The fraction of sp³-hybridized carbons (Fsp3) is 0.364. The maximum Gasteiger partial charge on any atom is 0.243 e. The van der Waals surface area contributed by atoms with Crippen LogP contribution in [-0.2, 0) is 19.5 Å². The number of anilines is 2. The fourth-order valence-corrected chi connectivity index (χ4v) is 5.14. The van der Waals surface area contributed by atoms with Crippen LogP contribution in [-0.4, -0.2) is 76.7 Å². The predicted octanol–water partition coefficient (Wildman–Crippen LogP) is 1.86. The lowest BCUT2D eigenvalue weighted by Crippen LogP contribution is -2.40. The molecular weight excluding hydrogens is 462 g/mol. The summed E-state index contributed by atoms with van der Waals surface area (Å²) in [6, 6.07) is 14.6.